The van der Waals surface area contributed by atoms with Crippen LogP contribution < -0.4 is 0 Å². The maximum absolute atomic E-state index is 8.50. The van der Waals surface area contributed by atoms with Crippen molar-refractivity contribution < 1.29 is 7.16 Å². The molecule has 2 heteroatoms. The number of furan rings is 1. The number of fused-ring (bicyclic) bond motifs is 3. The summed E-state index contributed by atoms with van der Waals surface area (Å²) >= 11 is 0. The predicted molar refractivity (Wildman–Crippen MR) is 140 cm³/mol. The number of hydrogen-bond acceptors (Lipinski definition) is 2. The molecule has 0 radical (unpaired) electrons. The van der Waals surface area contributed by atoms with Crippen molar-refractivity contribution in [2.24, 2.45) is 5.92 Å². The second-order valence-corrected chi connectivity index (χ2v) is 10.1. The number of para-hydroxylation sites is 1. The number of rotatable bonds is 4. The molecule has 2 nitrogen and oxygen atoms in total. The number of hydrogen-bond donors (Lipinski definition) is 0. The molecule has 0 aliphatic rings. The summed E-state index contributed by atoms with van der Waals surface area (Å²) in [4.78, 5) is 4.57. The molecule has 33 heavy (non-hydrogen) atoms. The van der Waals surface area contributed by atoms with Gasteiger partial charge in [-0.1, -0.05) is 77.1 Å². The smallest absolute Gasteiger partial charge is 0.144 e. The van der Waals surface area contributed by atoms with Crippen LogP contribution in [0.1, 0.15) is 48.5 Å². The van der Waals surface area contributed by atoms with Gasteiger partial charge in [0.2, 0.25) is 0 Å². The van der Waals surface area contributed by atoms with Gasteiger partial charge in [0.1, 0.15) is 11.2 Å². The fourth-order valence-electron chi connectivity index (χ4n) is 4.34. The fraction of sp³-hybridized carbons (Fsp3) is 0.258. The molecule has 0 saturated heterocycles. The fourth-order valence-corrected chi connectivity index (χ4v) is 4.34. The van der Waals surface area contributed by atoms with E-state index in [-0.39, 0.29) is 11.3 Å². The normalized spacial score (nSPS) is 13.5. The van der Waals surface area contributed by atoms with Gasteiger partial charge in [0.25, 0.3) is 0 Å². The van der Waals surface area contributed by atoms with Crippen molar-refractivity contribution in [2.45, 2.75) is 46.4 Å². The van der Waals surface area contributed by atoms with Crippen molar-refractivity contribution in [3.63, 3.8) is 0 Å². The van der Waals surface area contributed by atoms with Gasteiger partial charge in [-0.3, -0.25) is 4.98 Å². The molecular formula is C31H31NO. The van der Waals surface area contributed by atoms with Crippen molar-refractivity contribution in [1.82, 2.24) is 4.98 Å². The van der Waals surface area contributed by atoms with E-state index in [1.807, 2.05) is 32.0 Å². The molecule has 0 bridgehead atoms. The molecule has 166 valence electrons. The lowest BCUT2D eigenvalue weighted by atomic mass is 9.86. The Hall–Kier alpha value is -3.39. The zero-order valence-corrected chi connectivity index (χ0v) is 19.9. The highest BCUT2D eigenvalue weighted by Crippen LogP contribution is 2.37. The van der Waals surface area contributed by atoms with E-state index in [0.29, 0.717) is 5.56 Å². The van der Waals surface area contributed by atoms with Gasteiger partial charge in [0.15, 0.2) is 0 Å². The topological polar surface area (TPSA) is 26.0 Å². The second-order valence-electron chi connectivity index (χ2n) is 10.1. The molecule has 2 heterocycles. The zero-order chi connectivity index (χ0) is 25.0. The Balaban J connectivity index is 1.60. The van der Waals surface area contributed by atoms with Crippen LogP contribution in [-0.2, 0) is 11.8 Å². The molecule has 0 aliphatic carbocycles. The highest BCUT2D eigenvalue weighted by Gasteiger charge is 2.16. The molecule has 0 atom stereocenters. The molecule has 3 aromatic carbocycles. The lowest BCUT2D eigenvalue weighted by molar-refractivity contribution is 0.590. The largest absolute Gasteiger partial charge is 0.455 e. The van der Waals surface area contributed by atoms with Crippen LogP contribution in [0.4, 0.5) is 0 Å². The molecular weight excluding hydrogens is 402 g/mol. The lowest BCUT2D eigenvalue weighted by Gasteiger charge is -2.19. The average molecular weight is 436 g/mol. The average Bonchev–Trinajstić information content (AvgIpc) is 3.21. The van der Waals surface area contributed by atoms with Crippen LogP contribution in [-0.4, -0.2) is 4.98 Å². The third kappa shape index (κ3) is 4.18. The van der Waals surface area contributed by atoms with Crippen molar-refractivity contribution in [1.29, 1.82) is 0 Å². The van der Waals surface area contributed by atoms with Gasteiger partial charge in [-0.15, -0.1) is 0 Å². The van der Waals surface area contributed by atoms with E-state index in [2.05, 4.69) is 74.3 Å². The van der Waals surface area contributed by atoms with E-state index in [1.54, 1.807) is 12.3 Å². The Morgan fingerprint density at radius 3 is 2.36 bits per heavy atom. The molecule has 5 rings (SSSR count). The minimum Gasteiger partial charge on any atom is -0.455 e. The quantitative estimate of drug-likeness (QED) is 0.282. The first kappa shape index (κ1) is 19.1. The first-order valence-electron chi connectivity index (χ1n) is 12.6. The minimum absolute atomic E-state index is 0.123. The SMILES string of the molecule is [2H]C([2H])(c1ccnc(-c2cccc3c2oc2cc(-c4ccc(C(C)(C)C)cc4)ccc23)c1)C(C)C. The van der Waals surface area contributed by atoms with Crippen molar-refractivity contribution in [3.05, 3.63) is 90.1 Å². The highest BCUT2D eigenvalue weighted by atomic mass is 16.3. The summed E-state index contributed by atoms with van der Waals surface area (Å²) in [7, 11) is 0. The molecule has 0 spiro atoms. The van der Waals surface area contributed by atoms with Crippen LogP contribution in [0.3, 0.4) is 0 Å². The summed E-state index contributed by atoms with van der Waals surface area (Å²) in [6, 6.07) is 24.8. The summed E-state index contributed by atoms with van der Waals surface area (Å²) < 4.78 is 23.4. The summed E-state index contributed by atoms with van der Waals surface area (Å²) in [6.45, 7) is 10.5. The van der Waals surface area contributed by atoms with Crippen LogP contribution in [0.15, 0.2) is 83.4 Å². The van der Waals surface area contributed by atoms with E-state index < -0.39 is 6.37 Å². The first-order chi connectivity index (χ1) is 16.6. The molecule has 0 amide bonds. The molecule has 0 N–H and O–H groups in total. The van der Waals surface area contributed by atoms with Crippen molar-refractivity contribution in [3.8, 4) is 22.4 Å². The van der Waals surface area contributed by atoms with Gasteiger partial charge in [-0.05, 0) is 70.3 Å². The van der Waals surface area contributed by atoms with Crippen molar-refractivity contribution >= 4 is 21.9 Å². The third-order valence-corrected chi connectivity index (χ3v) is 6.07. The lowest BCUT2D eigenvalue weighted by Crippen LogP contribution is -2.10. The molecule has 2 aromatic heterocycles. The molecule has 5 aromatic rings. The van der Waals surface area contributed by atoms with Gasteiger partial charge >= 0.3 is 0 Å². The number of pyridine rings is 1. The first-order valence-corrected chi connectivity index (χ1v) is 11.6. The van der Waals surface area contributed by atoms with E-state index in [0.717, 1.165) is 44.3 Å². The zero-order valence-electron chi connectivity index (χ0n) is 21.9. The maximum atomic E-state index is 8.50. The van der Waals surface area contributed by atoms with Crippen LogP contribution in [0.5, 0.6) is 0 Å². The highest BCUT2D eigenvalue weighted by molar-refractivity contribution is 6.10. The maximum Gasteiger partial charge on any atom is 0.144 e. The molecule has 0 unspecified atom stereocenters. The minimum atomic E-state index is -1.43. The number of nitrogens with zero attached hydrogens (tertiary/aromatic N) is 1. The predicted octanol–water partition coefficient (Wildman–Crippen LogP) is 8.81. The van der Waals surface area contributed by atoms with Crippen LogP contribution in [0, 0.1) is 5.92 Å². The summed E-state index contributed by atoms with van der Waals surface area (Å²) in [6.07, 6.45) is 0.253. The van der Waals surface area contributed by atoms with Crippen LogP contribution in [0.25, 0.3) is 44.3 Å². The van der Waals surface area contributed by atoms with Gasteiger partial charge in [0.05, 0.1) is 5.69 Å². The van der Waals surface area contributed by atoms with Gasteiger partial charge in [0, 0.05) is 25.3 Å². The third-order valence-electron chi connectivity index (χ3n) is 6.07. The Kier molecular flexibility index (Phi) is 4.74. The standard InChI is InChI=1S/C31H31NO/c1-20(2)17-21-15-16-32-28(18-21)27-8-6-7-26-25-14-11-23(19-29(25)33-30(26)27)22-9-12-24(13-10-22)31(3,4)5/h6-16,18-20H,17H2,1-5H3/i17D2. The molecule has 0 saturated carbocycles. The Morgan fingerprint density at radius 1 is 0.879 bits per heavy atom. The number of aromatic nitrogens is 1. The molecule has 0 aliphatic heterocycles. The van der Waals surface area contributed by atoms with Gasteiger partial charge < -0.3 is 4.42 Å². The molecule has 0 fully saturated rings. The number of benzene rings is 3. The second kappa shape index (κ2) is 8.19. The van der Waals surface area contributed by atoms with Crippen LogP contribution in [0.2, 0.25) is 0 Å². The Bertz CT molecular complexity index is 1520. The van der Waals surface area contributed by atoms with E-state index in [1.165, 1.54) is 5.56 Å². The summed E-state index contributed by atoms with van der Waals surface area (Å²) in [5.74, 6) is -0.143. The van der Waals surface area contributed by atoms with Gasteiger partial charge in [-0.25, -0.2) is 0 Å². The summed E-state index contributed by atoms with van der Waals surface area (Å²) in [5, 5.41) is 2.09. The van der Waals surface area contributed by atoms with Gasteiger partial charge in [-0.2, -0.15) is 0 Å². The van der Waals surface area contributed by atoms with Crippen molar-refractivity contribution in [2.75, 3.05) is 0 Å². The van der Waals surface area contributed by atoms with E-state index >= 15 is 0 Å². The van der Waals surface area contributed by atoms with Crippen LogP contribution >= 0.6 is 0 Å². The Morgan fingerprint density at radius 2 is 1.64 bits per heavy atom. The van der Waals surface area contributed by atoms with E-state index in [9.17, 15) is 0 Å². The monoisotopic (exact) mass is 435 g/mol. The van der Waals surface area contributed by atoms with E-state index in [4.69, 9.17) is 7.16 Å². The Labute approximate surface area is 199 Å². The summed E-state index contributed by atoms with van der Waals surface area (Å²) in [5.41, 5.74) is 7.54.